The van der Waals surface area contributed by atoms with E-state index in [9.17, 15) is 14.4 Å². The molecule has 7 heteroatoms. The summed E-state index contributed by atoms with van der Waals surface area (Å²) in [5, 5.41) is 2.74. The van der Waals surface area contributed by atoms with E-state index in [1.165, 1.54) is 11.9 Å². The van der Waals surface area contributed by atoms with Gasteiger partial charge in [-0.15, -0.1) is 0 Å². The predicted molar refractivity (Wildman–Crippen MR) is 111 cm³/mol. The zero-order chi connectivity index (χ0) is 22.2. The number of carbonyl (C=O) groups is 3. The standard InChI is InChI=1S/C22H34N2O5/c1-8-15(2)18(20(26)29-22(4,5)6)23-19(25)16(3)24(7)21(27)28-14-17-12-10-9-11-13-17/h9-13,15-16,18H,8,14H2,1-7H3,(H,23,25)/t15-,16-,18-/m0/s1. The second-order valence-electron chi connectivity index (χ2n) is 8.23. The number of likely N-dealkylation sites (N-methyl/N-ethyl adjacent to an activating group) is 1. The van der Waals surface area contributed by atoms with Crippen LogP contribution in [0.15, 0.2) is 30.3 Å². The summed E-state index contributed by atoms with van der Waals surface area (Å²) in [6.45, 7) is 10.8. The van der Waals surface area contributed by atoms with Gasteiger partial charge in [-0.2, -0.15) is 0 Å². The first-order valence-electron chi connectivity index (χ1n) is 9.93. The summed E-state index contributed by atoms with van der Waals surface area (Å²) in [6, 6.07) is 7.68. The average molecular weight is 407 g/mol. The maximum atomic E-state index is 12.7. The molecule has 7 nitrogen and oxygen atoms in total. The molecule has 162 valence electrons. The molecule has 0 saturated carbocycles. The Hall–Kier alpha value is -2.57. The molecule has 0 aliphatic carbocycles. The van der Waals surface area contributed by atoms with Crippen LogP contribution in [0, 0.1) is 5.92 Å². The van der Waals surface area contributed by atoms with Gasteiger partial charge in [-0.3, -0.25) is 9.69 Å². The van der Waals surface area contributed by atoms with Crippen molar-refractivity contribution in [3.63, 3.8) is 0 Å². The molecule has 0 aliphatic rings. The summed E-state index contributed by atoms with van der Waals surface area (Å²) in [6.07, 6.45) is 0.0712. The predicted octanol–water partition coefficient (Wildman–Crippen LogP) is 3.52. The summed E-state index contributed by atoms with van der Waals surface area (Å²) in [4.78, 5) is 38.7. The topological polar surface area (TPSA) is 84.9 Å². The average Bonchev–Trinajstić information content (AvgIpc) is 2.67. The zero-order valence-corrected chi connectivity index (χ0v) is 18.5. The minimum atomic E-state index is -0.813. The molecule has 29 heavy (non-hydrogen) atoms. The van der Waals surface area contributed by atoms with Gasteiger partial charge in [-0.25, -0.2) is 9.59 Å². The normalized spacial score (nSPS) is 14.3. The first kappa shape index (κ1) is 24.5. The molecule has 0 unspecified atom stereocenters. The Kier molecular flexibility index (Phi) is 9.14. The second-order valence-corrected chi connectivity index (χ2v) is 8.23. The van der Waals surface area contributed by atoms with Crippen LogP contribution in [-0.2, 0) is 25.7 Å². The first-order valence-corrected chi connectivity index (χ1v) is 9.93. The number of amides is 2. The van der Waals surface area contributed by atoms with Gasteiger partial charge in [0, 0.05) is 7.05 Å². The molecule has 0 heterocycles. The van der Waals surface area contributed by atoms with Crippen molar-refractivity contribution in [2.45, 2.75) is 72.3 Å². The van der Waals surface area contributed by atoms with Gasteiger partial charge in [0.05, 0.1) is 0 Å². The largest absolute Gasteiger partial charge is 0.458 e. The number of benzene rings is 1. The van der Waals surface area contributed by atoms with Crippen molar-refractivity contribution in [2.75, 3.05) is 7.05 Å². The molecule has 1 aromatic rings. The Morgan fingerprint density at radius 2 is 1.69 bits per heavy atom. The SMILES string of the molecule is CC[C@H](C)[C@H](NC(=O)[C@H](C)N(C)C(=O)OCc1ccccc1)C(=O)OC(C)(C)C. The number of hydrogen-bond donors (Lipinski definition) is 1. The molecule has 1 aromatic carbocycles. The van der Waals surface area contributed by atoms with E-state index >= 15 is 0 Å². The maximum absolute atomic E-state index is 12.7. The Bertz CT molecular complexity index is 684. The quantitative estimate of drug-likeness (QED) is 0.668. The van der Waals surface area contributed by atoms with Crippen LogP contribution in [0.3, 0.4) is 0 Å². The van der Waals surface area contributed by atoms with Crippen molar-refractivity contribution in [3.05, 3.63) is 35.9 Å². The van der Waals surface area contributed by atoms with Gasteiger partial charge in [0.1, 0.15) is 24.3 Å². The molecular weight excluding hydrogens is 372 g/mol. The van der Waals surface area contributed by atoms with Gasteiger partial charge < -0.3 is 14.8 Å². The summed E-state index contributed by atoms with van der Waals surface area (Å²) < 4.78 is 10.7. The van der Waals surface area contributed by atoms with Gasteiger partial charge in [0.25, 0.3) is 0 Å². The van der Waals surface area contributed by atoms with E-state index in [1.807, 2.05) is 44.2 Å². The molecule has 0 aromatic heterocycles. The van der Waals surface area contributed by atoms with Crippen LogP contribution in [-0.4, -0.2) is 47.6 Å². The third-order valence-electron chi connectivity index (χ3n) is 4.62. The lowest BCUT2D eigenvalue weighted by Crippen LogP contribution is -2.53. The summed E-state index contributed by atoms with van der Waals surface area (Å²) >= 11 is 0. The number of nitrogens with one attached hydrogen (secondary N) is 1. The third kappa shape index (κ3) is 8.13. The summed E-state index contributed by atoms with van der Waals surface area (Å²) in [5.41, 5.74) is 0.199. The highest BCUT2D eigenvalue weighted by atomic mass is 16.6. The van der Waals surface area contributed by atoms with E-state index in [4.69, 9.17) is 9.47 Å². The molecule has 1 N–H and O–H groups in total. The van der Waals surface area contributed by atoms with Crippen LogP contribution in [0.25, 0.3) is 0 Å². The Morgan fingerprint density at radius 3 is 2.21 bits per heavy atom. The second kappa shape index (κ2) is 10.8. The number of nitrogens with zero attached hydrogens (tertiary/aromatic N) is 1. The van der Waals surface area contributed by atoms with Crippen LogP contribution < -0.4 is 5.32 Å². The minimum absolute atomic E-state index is 0.115. The van der Waals surface area contributed by atoms with Crippen LogP contribution in [0.5, 0.6) is 0 Å². The van der Waals surface area contributed by atoms with E-state index in [1.54, 1.807) is 27.7 Å². The molecule has 1 rings (SSSR count). The molecule has 0 radical (unpaired) electrons. The van der Waals surface area contributed by atoms with E-state index in [0.29, 0.717) is 6.42 Å². The fourth-order valence-corrected chi connectivity index (χ4v) is 2.46. The minimum Gasteiger partial charge on any atom is -0.458 e. The Labute approximate surface area is 173 Å². The number of carbonyl (C=O) groups excluding carboxylic acids is 3. The van der Waals surface area contributed by atoms with E-state index in [-0.39, 0.29) is 12.5 Å². The van der Waals surface area contributed by atoms with Crippen LogP contribution in [0.4, 0.5) is 4.79 Å². The number of rotatable bonds is 8. The molecular formula is C22H34N2O5. The van der Waals surface area contributed by atoms with Crippen molar-refractivity contribution in [1.29, 1.82) is 0 Å². The Morgan fingerprint density at radius 1 is 1.10 bits per heavy atom. The monoisotopic (exact) mass is 406 g/mol. The molecule has 0 fully saturated rings. The molecule has 0 bridgehead atoms. The molecule has 0 aliphatic heterocycles. The Balaban J connectivity index is 2.72. The van der Waals surface area contributed by atoms with Gasteiger partial charge >= 0.3 is 12.1 Å². The zero-order valence-electron chi connectivity index (χ0n) is 18.5. The molecule has 3 atom stereocenters. The lowest BCUT2D eigenvalue weighted by molar-refractivity contribution is -0.160. The van der Waals surface area contributed by atoms with Crippen LogP contribution >= 0.6 is 0 Å². The van der Waals surface area contributed by atoms with Crippen molar-refractivity contribution in [2.24, 2.45) is 5.92 Å². The first-order chi connectivity index (χ1) is 13.5. The van der Waals surface area contributed by atoms with Gasteiger partial charge in [0.2, 0.25) is 5.91 Å². The van der Waals surface area contributed by atoms with E-state index in [0.717, 1.165) is 5.56 Å². The van der Waals surface area contributed by atoms with Gasteiger partial charge in [-0.1, -0.05) is 50.6 Å². The lowest BCUT2D eigenvalue weighted by Gasteiger charge is -2.30. The number of hydrogen-bond acceptors (Lipinski definition) is 5. The highest BCUT2D eigenvalue weighted by Crippen LogP contribution is 2.15. The van der Waals surface area contributed by atoms with Crippen molar-refractivity contribution in [3.8, 4) is 0 Å². The molecule has 0 spiro atoms. The van der Waals surface area contributed by atoms with E-state index < -0.39 is 35.7 Å². The summed E-state index contributed by atoms with van der Waals surface area (Å²) in [5.74, 6) is -1.04. The molecule has 0 saturated heterocycles. The smallest absolute Gasteiger partial charge is 0.410 e. The highest BCUT2D eigenvalue weighted by Gasteiger charge is 2.33. The fourth-order valence-electron chi connectivity index (χ4n) is 2.46. The molecule has 2 amide bonds. The van der Waals surface area contributed by atoms with Crippen molar-refractivity contribution >= 4 is 18.0 Å². The maximum Gasteiger partial charge on any atom is 0.410 e. The van der Waals surface area contributed by atoms with Crippen molar-refractivity contribution in [1.82, 2.24) is 10.2 Å². The van der Waals surface area contributed by atoms with Crippen molar-refractivity contribution < 1.29 is 23.9 Å². The lowest BCUT2D eigenvalue weighted by atomic mass is 9.98. The number of esters is 1. The third-order valence-corrected chi connectivity index (χ3v) is 4.62. The van der Waals surface area contributed by atoms with E-state index in [2.05, 4.69) is 5.32 Å². The van der Waals surface area contributed by atoms with Crippen LogP contribution in [0.2, 0.25) is 0 Å². The van der Waals surface area contributed by atoms with Gasteiger partial charge in [0.15, 0.2) is 0 Å². The summed E-state index contributed by atoms with van der Waals surface area (Å²) in [7, 11) is 1.49. The van der Waals surface area contributed by atoms with Gasteiger partial charge in [-0.05, 0) is 39.2 Å². The van der Waals surface area contributed by atoms with Crippen LogP contribution in [0.1, 0.15) is 53.5 Å². The highest BCUT2D eigenvalue weighted by molar-refractivity contribution is 5.89. The number of ether oxygens (including phenoxy) is 2. The fraction of sp³-hybridized carbons (Fsp3) is 0.591.